The van der Waals surface area contributed by atoms with E-state index in [2.05, 4.69) is 22.0 Å². The van der Waals surface area contributed by atoms with Gasteiger partial charge in [0, 0.05) is 38.8 Å². The van der Waals surface area contributed by atoms with Crippen molar-refractivity contribution in [2.24, 2.45) is 0 Å². The van der Waals surface area contributed by atoms with Crippen LogP contribution in [0.3, 0.4) is 0 Å². The van der Waals surface area contributed by atoms with Crippen molar-refractivity contribution in [2.45, 2.75) is 39.3 Å². The first-order chi connectivity index (χ1) is 14.4. The van der Waals surface area contributed by atoms with Crippen LogP contribution in [0.1, 0.15) is 32.8 Å². The molecular formula is C23H37N3O4. The van der Waals surface area contributed by atoms with Gasteiger partial charge in [0.05, 0.1) is 13.7 Å². The maximum atomic E-state index is 12.0. The molecule has 0 bridgehead atoms. The van der Waals surface area contributed by atoms with E-state index in [1.807, 2.05) is 44.2 Å². The number of amides is 1. The smallest absolute Gasteiger partial charge is 0.234 e. The van der Waals surface area contributed by atoms with Crippen LogP contribution in [0.15, 0.2) is 24.3 Å². The molecule has 30 heavy (non-hydrogen) atoms. The van der Waals surface area contributed by atoms with Gasteiger partial charge in [0.1, 0.15) is 12.7 Å². The number of hydrogen-bond donors (Lipinski definition) is 2. The molecule has 0 aromatic heterocycles. The molecule has 1 aromatic rings. The van der Waals surface area contributed by atoms with Gasteiger partial charge in [-0.2, -0.15) is 0 Å². The van der Waals surface area contributed by atoms with Crippen molar-refractivity contribution >= 4 is 12.0 Å². The van der Waals surface area contributed by atoms with Crippen LogP contribution in [0, 0.1) is 0 Å². The summed E-state index contributed by atoms with van der Waals surface area (Å²) < 4.78 is 11.2. The summed E-state index contributed by atoms with van der Waals surface area (Å²) in [6.07, 6.45) is 4.31. The summed E-state index contributed by atoms with van der Waals surface area (Å²) in [7, 11) is 1.61. The number of carbonyl (C=O) groups is 1. The molecule has 0 saturated carbocycles. The van der Waals surface area contributed by atoms with Crippen molar-refractivity contribution in [2.75, 3.05) is 53.0 Å². The van der Waals surface area contributed by atoms with Gasteiger partial charge in [-0.3, -0.25) is 14.6 Å². The van der Waals surface area contributed by atoms with E-state index in [0.717, 1.165) is 38.2 Å². The van der Waals surface area contributed by atoms with Gasteiger partial charge in [-0.25, -0.2) is 0 Å². The Bertz CT molecular complexity index is 687. The molecule has 1 fully saturated rings. The Labute approximate surface area is 180 Å². The van der Waals surface area contributed by atoms with Crippen LogP contribution >= 0.6 is 0 Å². The fourth-order valence-corrected chi connectivity index (χ4v) is 3.39. The number of β-amino-alcohol motifs (C(OH)–C–C–N with tert-alkyl or cyclic N) is 1. The highest BCUT2D eigenvalue weighted by molar-refractivity contribution is 5.78. The minimum Gasteiger partial charge on any atom is -0.493 e. The number of hydrogen-bond acceptors (Lipinski definition) is 6. The summed E-state index contributed by atoms with van der Waals surface area (Å²) in [4.78, 5) is 16.4. The zero-order valence-corrected chi connectivity index (χ0v) is 18.8. The van der Waals surface area contributed by atoms with Crippen LogP contribution in [0.5, 0.6) is 11.5 Å². The molecule has 0 radical (unpaired) electrons. The number of nitrogens with one attached hydrogen (secondary N) is 1. The van der Waals surface area contributed by atoms with E-state index in [-0.39, 0.29) is 18.6 Å². The summed E-state index contributed by atoms with van der Waals surface area (Å²) >= 11 is 0. The molecule has 2 atom stereocenters. The Balaban J connectivity index is 1.72. The molecule has 7 heteroatoms. The highest BCUT2D eigenvalue weighted by Gasteiger charge is 2.21. The van der Waals surface area contributed by atoms with Gasteiger partial charge < -0.3 is 19.9 Å². The van der Waals surface area contributed by atoms with Gasteiger partial charge >= 0.3 is 0 Å². The van der Waals surface area contributed by atoms with Crippen LogP contribution < -0.4 is 14.8 Å². The summed E-state index contributed by atoms with van der Waals surface area (Å²) in [6.45, 7) is 10.5. The lowest BCUT2D eigenvalue weighted by Crippen LogP contribution is -2.51. The van der Waals surface area contributed by atoms with Gasteiger partial charge in [0.25, 0.3) is 0 Å². The van der Waals surface area contributed by atoms with Crippen molar-refractivity contribution in [1.82, 2.24) is 15.1 Å². The summed E-state index contributed by atoms with van der Waals surface area (Å²) in [6, 6.07) is 5.95. The van der Waals surface area contributed by atoms with Gasteiger partial charge in [-0.05, 0) is 38.0 Å². The number of carbonyl (C=O) groups excluding carboxylic acids is 1. The lowest BCUT2D eigenvalue weighted by Gasteiger charge is -2.35. The van der Waals surface area contributed by atoms with Crippen LogP contribution in [0.25, 0.3) is 6.08 Å². The molecule has 1 saturated heterocycles. The maximum Gasteiger partial charge on any atom is 0.234 e. The number of aliphatic hydroxyl groups is 1. The third kappa shape index (κ3) is 7.97. The molecule has 1 aliphatic heterocycles. The summed E-state index contributed by atoms with van der Waals surface area (Å²) in [5, 5.41) is 13.4. The maximum absolute atomic E-state index is 12.0. The number of rotatable bonds is 11. The van der Waals surface area contributed by atoms with Crippen molar-refractivity contribution in [1.29, 1.82) is 0 Å². The summed E-state index contributed by atoms with van der Waals surface area (Å²) in [5.41, 5.74) is 1.04. The van der Waals surface area contributed by atoms with Crippen LogP contribution in [0.4, 0.5) is 0 Å². The fraction of sp³-hybridized carbons (Fsp3) is 0.609. The normalized spacial score (nSPS) is 17.6. The van der Waals surface area contributed by atoms with Crippen LogP contribution in [0.2, 0.25) is 0 Å². The lowest BCUT2D eigenvalue weighted by atomic mass is 10.2. The van der Waals surface area contributed by atoms with E-state index in [4.69, 9.17) is 9.47 Å². The Morgan fingerprint density at radius 2 is 1.93 bits per heavy atom. The van der Waals surface area contributed by atoms with E-state index in [0.29, 0.717) is 24.6 Å². The third-order valence-electron chi connectivity index (χ3n) is 5.30. The first-order valence-electron chi connectivity index (χ1n) is 10.8. The fourth-order valence-electron chi connectivity index (χ4n) is 3.39. The Hall–Kier alpha value is -2.09. The second-order valence-corrected chi connectivity index (χ2v) is 7.83. The molecule has 2 unspecified atom stereocenters. The second-order valence-electron chi connectivity index (χ2n) is 7.83. The molecule has 1 heterocycles. The van der Waals surface area contributed by atoms with E-state index in [9.17, 15) is 9.90 Å². The summed E-state index contributed by atoms with van der Waals surface area (Å²) in [5.74, 6) is 1.37. The Morgan fingerprint density at radius 3 is 2.57 bits per heavy atom. The van der Waals surface area contributed by atoms with Gasteiger partial charge in [0.15, 0.2) is 11.5 Å². The van der Waals surface area contributed by atoms with Gasteiger partial charge in [-0.15, -0.1) is 0 Å². The van der Waals surface area contributed by atoms with E-state index in [1.165, 1.54) is 0 Å². The zero-order valence-electron chi connectivity index (χ0n) is 18.8. The number of nitrogens with zero attached hydrogens (tertiary/aromatic N) is 2. The largest absolute Gasteiger partial charge is 0.493 e. The monoisotopic (exact) mass is 419 g/mol. The van der Waals surface area contributed by atoms with Crippen LogP contribution in [-0.4, -0.2) is 85.9 Å². The molecule has 2 rings (SSSR count). The average molecular weight is 420 g/mol. The molecule has 1 amide bonds. The zero-order chi connectivity index (χ0) is 21.9. The number of allylic oxidation sites excluding steroid dienone is 1. The highest BCUT2D eigenvalue weighted by Crippen LogP contribution is 2.28. The molecule has 7 nitrogen and oxygen atoms in total. The predicted octanol–water partition coefficient (Wildman–Crippen LogP) is 2.00. The molecule has 0 aliphatic carbocycles. The average Bonchev–Trinajstić information content (AvgIpc) is 2.74. The van der Waals surface area contributed by atoms with Crippen molar-refractivity contribution in [3.63, 3.8) is 0 Å². The number of aliphatic hydroxyl groups excluding tert-OH is 1. The highest BCUT2D eigenvalue weighted by atomic mass is 16.5. The molecular weight excluding hydrogens is 382 g/mol. The number of methoxy groups -OCH3 is 1. The number of piperazine rings is 1. The standard InChI is InChI=1S/C23H37N3O4/c1-5-7-19-8-9-21(22(14-19)29-4)30-17-20(27)15-25-10-12-26(13-11-25)16-23(28)24-18(3)6-2/h5,7-9,14,18,20,27H,6,10-13,15-17H2,1-4H3,(H,24,28)/b7-5+. The minimum atomic E-state index is -0.592. The minimum absolute atomic E-state index is 0.0839. The van der Waals surface area contributed by atoms with Gasteiger partial charge in [-0.1, -0.05) is 25.1 Å². The SMILES string of the molecule is C/C=C/c1ccc(OCC(O)CN2CCN(CC(=O)NC(C)CC)CC2)c(OC)c1. The van der Waals surface area contributed by atoms with Crippen molar-refractivity contribution < 1.29 is 19.4 Å². The first kappa shape index (κ1) is 24.2. The number of ether oxygens (including phenoxy) is 2. The molecule has 1 aromatic carbocycles. The lowest BCUT2D eigenvalue weighted by molar-refractivity contribution is -0.123. The second kappa shape index (κ2) is 12.6. The van der Waals surface area contributed by atoms with Crippen molar-refractivity contribution in [3.05, 3.63) is 29.8 Å². The third-order valence-corrected chi connectivity index (χ3v) is 5.30. The quantitative estimate of drug-likeness (QED) is 0.572. The van der Waals surface area contributed by atoms with Crippen molar-refractivity contribution in [3.8, 4) is 11.5 Å². The predicted molar refractivity (Wildman–Crippen MR) is 120 cm³/mol. The Kier molecular flexibility index (Phi) is 10.1. The molecule has 0 spiro atoms. The molecule has 1 aliphatic rings. The van der Waals surface area contributed by atoms with E-state index < -0.39 is 6.10 Å². The molecule has 168 valence electrons. The Morgan fingerprint density at radius 1 is 1.23 bits per heavy atom. The van der Waals surface area contributed by atoms with E-state index in [1.54, 1.807) is 7.11 Å². The van der Waals surface area contributed by atoms with Gasteiger partial charge in [0.2, 0.25) is 5.91 Å². The number of benzene rings is 1. The molecule has 2 N–H and O–H groups in total. The van der Waals surface area contributed by atoms with Crippen LogP contribution in [-0.2, 0) is 4.79 Å². The topological polar surface area (TPSA) is 74.3 Å². The van der Waals surface area contributed by atoms with E-state index >= 15 is 0 Å². The first-order valence-corrected chi connectivity index (χ1v) is 10.8.